The molecule has 3 rings (SSSR count). The smallest absolute Gasteiger partial charge is 0.269 e. The first kappa shape index (κ1) is 18.2. The fourth-order valence-electron chi connectivity index (χ4n) is 3.38. The molecule has 6 heteroatoms. The molecule has 0 saturated carbocycles. The van der Waals surface area contributed by atoms with E-state index in [9.17, 15) is 9.59 Å². The zero-order chi connectivity index (χ0) is 18.5. The lowest BCUT2D eigenvalue weighted by molar-refractivity contribution is -0.130. The molecular formula is C20H26N4O2. The molecule has 1 aliphatic rings. The topological polar surface area (TPSA) is 67.2 Å². The van der Waals surface area contributed by atoms with Crippen LogP contribution in [0.15, 0.2) is 36.4 Å². The number of likely N-dealkylation sites (tertiary alicyclic amines) is 1. The summed E-state index contributed by atoms with van der Waals surface area (Å²) in [5, 5.41) is 7.54. The number of benzene rings is 1. The molecule has 0 spiro atoms. The first-order chi connectivity index (χ1) is 12.6. The normalized spacial score (nSPS) is 17.8. The second-order valence-corrected chi connectivity index (χ2v) is 6.78. The number of nitrogens with zero attached hydrogens (tertiary/aromatic N) is 3. The highest BCUT2D eigenvalue weighted by molar-refractivity contribution is 5.94. The van der Waals surface area contributed by atoms with Crippen LogP contribution in [-0.4, -0.2) is 45.6 Å². The lowest BCUT2D eigenvalue weighted by Crippen LogP contribution is -2.37. The molecule has 2 amide bonds. The average molecular weight is 354 g/mol. The zero-order valence-corrected chi connectivity index (χ0v) is 15.4. The Bertz CT molecular complexity index is 769. The van der Waals surface area contributed by atoms with Crippen molar-refractivity contribution in [3.05, 3.63) is 42.1 Å². The molecule has 2 heterocycles. The van der Waals surface area contributed by atoms with E-state index in [0.717, 1.165) is 30.6 Å². The number of hydrogen-bond donors (Lipinski definition) is 1. The number of aryl methyl sites for hydroxylation is 1. The molecule has 1 aromatic carbocycles. The van der Waals surface area contributed by atoms with E-state index in [2.05, 4.69) is 17.3 Å². The van der Waals surface area contributed by atoms with E-state index < -0.39 is 0 Å². The molecule has 1 aromatic heterocycles. The van der Waals surface area contributed by atoms with E-state index in [1.54, 1.807) is 11.7 Å². The number of aromatic nitrogens is 2. The van der Waals surface area contributed by atoms with Gasteiger partial charge in [-0.15, -0.1) is 0 Å². The van der Waals surface area contributed by atoms with Crippen LogP contribution in [0.2, 0.25) is 0 Å². The van der Waals surface area contributed by atoms with Crippen molar-refractivity contribution in [2.45, 2.75) is 38.6 Å². The Morgan fingerprint density at radius 3 is 2.77 bits per heavy atom. The molecule has 2 aromatic rings. The Balaban J connectivity index is 1.67. The molecule has 0 radical (unpaired) electrons. The van der Waals surface area contributed by atoms with E-state index in [4.69, 9.17) is 0 Å². The van der Waals surface area contributed by atoms with E-state index in [-0.39, 0.29) is 17.9 Å². The summed E-state index contributed by atoms with van der Waals surface area (Å²) in [6.45, 7) is 3.57. The van der Waals surface area contributed by atoms with Crippen molar-refractivity contribution in [1.82, 2.24) is 20.0 Å². The van der Waals surface area contributed by atoms with Gasteiger partial charge < -0.3 is 10.2 Å². The van der Waals surface area contributed by atoms with Crippen LogP contribution in [0.5, 0.6) is 0 Å². The molecule has 1 unspecified atom stereocenters. The summed E-state index contributed by atoms with van der Waals surface area (Å²) in [5.41, 5.74) is 2.30. The van der Waals surface area contributed by atoms with E-state index >= 15 is 0 Å². The first-order valence-corrected chi connectivity index (χ1v) is 9.26. The Labute approximate surface area is 154 Å². The van der Waals surface area contributed by atoms with Crippen LogP contribution in [0.3, 0.4) is 0 Å². The fourth-order valence-corrected chi connectivity index (χ4v) is 3.38. The minimum atomic E-state index is -0.136. The van der Waals surface area contributed by atoms with E-state index in [1.165, 1.54) is 0 Å². The van der Waals surface area contributed by atoms with Gasteiger partial charge in [-0.2, -0.15) is 5.10 Å². The summed E-state index contributed by atoms with van der Waals surface area (Å²) in [6.07, 6.45) is 2.93. The fraction of sp³-hybridized carbons (Fsp3) is 0.450. The van der Waals surface area contributed by atoms with Gasteiger partial charge in [0, 0.05) is 38.2 Å². The predicted octanol–water partition coefficient (Wildman–Crippen LogP) is 2.61. The summed E-state index contributed by atoms with van der Waals surface area (Å²) in [5.74, 6) is 0.0547. The first-order valence-electron chi connectivity index (χ1n) is 9.26. The summed E-state index contributed by atoms with van der Waals surface area (Å²) in [6, 6.07) is 11.6. The van der Waals surface area contributed by atoms with Crippen LogP contribution < -0.4 is 5.32 Å². The van der Waals surface area contributed by atoms with Gasteiger partial charge in [0.1, 0.15) is 5.69 Å². The second-order valence-electron chi connectivity index (χ2n) is 6.78. The molecule has 26 heavy (non-hydrogen) atoms. The zero-order valence-electron chi connectivity index (χ0n) is 15.4. The van der Waals surface area contributed by atoms with Crippen LogP contribution in [0.1, 0.15) is 43.1 Å². The van der Waals surface area contributed by atoms with Gasteiger partial charge in [-0.3, -0.25) is 14.3 Å². The lowest BCUT2D eigenvalue weighted by atomic mass is 10.1. The summed E-state index contributed by atoms with van der Waals surface area (Å²) in [7, 11) is 1.78. The largest absolute Gasteiger partial charge is 0.348 e. The Hall–Kier alpha value is -2.63. The third kappa shape index (κ3) is 4.12. The minimum Gasteiger partial charge on any atom is -0.348 e. The van der Waals surface area contributed by atoms with Gasteiger partial charge in [0.05, 0.1) is 5.69 Å². The summed E-state index contributed by atoms with van der Waals surface area (Å²) >= 11 is 0. The Kier molecular flexibility index (Phi) is 5.71. The van der Waals surface area contributed by atoms with Crippen molar-refractivity contribution in [2.24, 2.45) is 7.05 Å². The quantitative estimate of drug-likeness (QED) is 0.897. The molecule has 0 aliphatic carbocycles. The maximum absolute atomic E-state index is 12.7. The highest BCUT2D eigenvalue weighted by atomic mass is 16.2. The van der Waals surface area contributed by atoms with Crippen LogP contribution in [0.4, 0.5) is 0 Å². The highest BCUT2D eigenvalue weighted by Crippen LogP contribution is 2.19. The van der Waals surface area contributed by atoms with Gasteiger partial charge in [-0.25, -0.2) is 0 Å². The van der Waals surface area contributed by atoms with Crippen LogP contribution in [0, 0.1) is 0 Å². The van der Waals surface area contributed by atoms with Crippen LogP contribution >= 0.6 is 0 Å². The van der Waals surface area contributed by atoms with Crippen LogP contribution in [-0.2, 0) is 11.8 Å². The van der Waals surface area contributed by atoms with Gasteiger partial charge in [0.25, 0.3) is 5.91 Å². The molecule has 0 bridgehead atoms. The Morgan fingerprint density at radius 1 is 1.27 bits per heavy atom. The summed E-state index contributed by atoms with van der Waals surface area (Å²) in [4.78, 5) is 26.7. The van der Waals surface area contributed by atoms with Gasteiger partial charge >= 0.3 is 0 Å². The van der Waals surface area contributed by atoms with Crippen molar-refractivity contribution in [3.63, 3.8) is 0 Å². The lowest BCUT2D eigenvalue weighted by Gasteiger charge is -2.20. The van der Waals surface area contributed by atoms with Gasteiger partial charge in [-0.05, 0) is 25.3 Å². The molecule has 1 aliphatic heterocycles. The van der Waals surface area contributed by atoms with Gasteiger partial charge in [0.15, 0.2) is 0 Å². The number of rotatable bonds is 5. The standard InChI is InChI=1S/C20H26N4O2/c1-3-12-24-13-11-16(9-10-19(24)25)21-20(26)18-14-17(22-23(18)2)15-7-5-4-6-8-15/h4-8,14,16H,3,9-13H2,1-2H3,(H,21,26). The molecule has 6 nitrogen and oxygen atoms in total. The van der Waals surface area contributed by atoms with Crippen molar-refractivity contribution < 1.29 is 9.59 Å². The van der Waals surface area contributed by atoms with Gasteiger partial charge in [0.2, 0.25) is 5.91 Å². The van der Waals surface area contributed by atoms with Crippen molar-refractivity contribution in [3.8, 4) is 11.3 Å². The van der Waals surface area contributed by atoms with E-state index in [0.29, 0.717) is 25.1 Å². The average Bonchev–Trinajstić information content (AvgIpc) is 2.96. The third-order valence-corrected chi connectivity index (χ3v) is 4.82. The minimum absolute atomic E-state index is 0.0170. The number of hydrogen-bond acceptors (Lipinski definition) is 3. The van der Waals surface area contributed by atoms with Gasteiger partial charge in [-0.1, -0.05) is 37.3 Å². The number of amides is 2. The maximum Gasteiger partial charge on any atom is 0.269 e. The molecule has 1 atom stereocenters. The molecular weight excluding hydrogens is 328 g/mol. The second kappa shape index (κ2) is 8.17. The molecule has 1 fully saturated rings. The SMILES string of the molecule is CCCN1CCC(NC(=O)c2cc(-c3ccccc3)nn2C)CCC1=O. The van der Waals surface area contributed by atoms with E-state index in [1.807, 2.05) is 41.3 Å². The highest BCUT2D eigenvalue weighted by Gasteiger charge is 2.24. The van der Waals surface area contributed by atoms with Crippen molar-refractivity contribution >= 4 is 11.8 Å². The Morgan fingerprint density at radius 2 is 2.04 bits per heavy atom. The third-order valence-electron chi connectivity index (χ3n) is 4.82. The molecule has 138 valence electrons. The monoisotopic (exact) mass is 354 g/mol. The summed E-state index contributed by atoms with van der Waals surface area (Å²) < 4.78 is 1.61. The molecule has 1 N–H and O–H groups in total. The predicted molar refractivity (Wildman–Crippen MR) is 101 cm³/mol. The number of carbonyl (C=O) groups is 2. The maximum atomic E-state index is 12.7. The number of carbonyl (C=O) groups excluding carboxylic acids is 2. The van der Waals surface area contributed by atoms with Crippen molar-refractivity contribution in [1.29, 1.82) is 0 Å². The molecule has 1 saturated heterocycles. The van der Waals surface area contributed by atoms with Crippen LogP contribution in [0.25, 0.3) is 11.3 Å². The number of nitrogens with one attached hydrogen (secondary N) is 1. The van der Waals surface area contributed by atoms with Crippen molar-refractivity contribution in [2.75, 3.05) is 13.1 Å².